The third kappa shape index (κ3) is 5.37. The average molecular weight is 720 g/mol. The van der Waals surface area contributed by atoms with Crippen molar-refractivity contribution >= 4 is 88.7 Å². The number of para-hydroxylation sites is 3. The lowest BCUT2D eigenvalue weighted by Crippen LogP contribution is -2.11. The van der Waals surface area contributed by atoms with E-state index in [2.05, 4.69) is 168 Å². The lowest BCUT2D eigenvalue weighted by Gasteiger charge is -2.28. The zero-order valence-electron chi connectivity index (χ0n) is 30.2. The number of anilines is 6. The topological polar surface area (TPSA) is 45.7 Å². The summed E-state index contributed by atoms with van der Waals surface area (Å²) in [6.45, 7) is 0. The minimum absolute atomic E-state index is 0.580. The van der Waals surface area contributed by atoms with Gasteiger partial charge in [0.15, 0.2) is 5.58 Å². The van der Waals surface area contributed by atoms with Crippen LogP contribution in [0.25, 0.3) is 66.0 Å². The van der Waals surface area contributed by atoms with Gasteiger partial charge in [0, 0.05) is 61.6 Å². The zero-order valence-corrected chi connectivity index (χ0v) is 30.2. The maximum Gasteiger partial charge on any atom is 0.227 e. The van der Waals surface area contributed by atoms with Gasteiger partial charge in [0.2, 0.25) is 5.89 Å². The van der Waals surface area contributed by atoms with Gasteiger partial charge in [0.25, 0.3) is 0 Å². The number of rotatable bonds is 7. The summed E-state index contributed by atoms with van der Waals surface area (Å²) in [5, 5.41) is 6.56. The summed E-state index contributed by atoms with van der Waals surface area (Å²) in [6, 6.07) is 69.8. The first kappa shape index (κ1) is 31.9. The van der Waals surface area contributed by atoms with Gasteiger partial charge < -0.3 is 18.6 Å². The SMILES string of the molecule is c1ccc(-c2nc3c(cc(N(c4ccccc4)c4ccc5oc6ccccc6c5c4)c4ccc(N(c5ccccc5)c5ccc6ccccc6c5)cc43)o2)cc1. The quantitative estimate of drug-likeness (QED) is 0.164. The fraction of sp³-hybridized carbons (Fsp3) is 0. The molecule has 0 N–H and O–H groups in total. The fourth-order valence-electron chi connectivity index (χ4n) is 8.00. The molecule has 0 aliphatic carbocycles. The fourth-order valence-corrected chi connectivity index (χ4v) is 8.00. The summed E-state index contributed by atoms with van der Waals surface area (Å²) in [7, 11) is 0. The molecule has 0 aliphatic heterocycles. The molecule has 0 fully saturated rings. The highest BCUT2D eigenvalue weighted by molar-refractivity contribution is 6.14. The minimum atomic E-state index is 0.580. The van der Waals surface area contributed by atoms with Crippen molar-refractivity contribution in [3.8, 4) is 11.5 Å². The molecular formula is C51H33N3O2. The van der Waals surface area contributed by atoms with Crippen LogP contribution in [0.5, 0.6) is 0 Å². The first-order chi connectivity index (χ1) is 27.7. The molecule has 5 nitrogen and oxygen atoms in total. The van der Waals surface area contributed by atoms with E-state index >= 15 is 0 Å². The zero-order chi connectivity index (χ0) is 37.0. The molecule has 264 valence electrons. The van der Waals surface area contributed by atoms with E-state index < -0.39 is 0 Å². The molecule has 9 aromatic carbocycles. The van der Waals surface area contributed by atoms with Gasteiger partial charge in [-0.05, 0) is 95.7 Å². The van der Waals surface area contributed by atoms with E-state index in [1.54, 1.807) is 0 Å². The maximum atomic E-state index is 6.69. The van der Waals surface area contributed by atoms with E-state index in [1.165, 1.54) is 10.8 Å². The molecule has 11 aromatic rings. The van der Waals surface area contributed by atoms with E-state index in [-0.39, 0.29) is 0 Å². The Bertz CT molecular complexity index is 3210. The summed E-state index contributed by atoms with van der Waals surface area (Å²) >= 11 is 0. The third-order valence-corrected chi connectivity index (χ3v) is 10.6. The molecule has 2 heterocycles. The van der Waals surface area contributed by atoms with Gasteiger partial charge in [0.1, 0.15) is 16.7 Å². The number of oxazole rings is 1. The number of hydrogen-bond donors (Lipinski definition) is 0. The lowest BCUT2D eigenvalue weighted by atomic mass is 10.0. The van der Waals surface area contributed by atoms with Crippen LogP contribution in [0, 0.1) is 0 Å². The average Bonchev–Trinajstić information content (AvgIpc) is 3.87. The van der Waals surface area contributed by atoms with Crippen LogP contribution in [-0.4, -0.2) is 4.98 Å². The van der Waals surface area contributed by atoms with Gasteiger partial charge in [-0.15, -0.1) is 0 Å². The van der Waals surface area contributed by atoms with Gasteiger partial charge in [0.05, 0.1) is 5.69 Å². The van der Waals surface area contributed by atoms with Crippen LogP contribution in [-0.2, 0) is 0 Å². The summed E-state index contributed by atoms with van der Waals surface area (Å²) in [5.41, 5.74) is 10.3. The highest BCUT2D eigenvalue weighted by atomic mass is 16.3. The number of aromatic nitrogens is 1. The van der Waals surface area contributed by atoms with Crippen LogP contribution in [0.2, 0.25) is 0 Å². The van der Waals surface area contributed by atoms with E-state index in [1.807, 2.05) is 42.5 Å². The van der Waals surface area contributed by atoms with Crippen molar-refractivity contribution in [2.75, 3.05) is 9.80 Å². The number of fused-ring (bicyclic) bond motifs is 7. The van der Waals surface area contributed by atoms with Gasteiger partial charge in [-0.25, -0.2) is 4.98 Å². The van der Waals surface area contributed by atoms with Crippen LogP contribution in [0.3, 0.4) is 0 Å². The maximum absolute atomic E-state index is 6.69. The molecule has 0 atom stereocenters. The van der Waals surface area contributed by atoms with Crippen LogP contribution < -0.4 is 9.80 Å². The highest BCUT2D eigenvalue weighted by Gasteiger charge is 2.23. The van der Waals surface area contributed by atoms with Crippen molar-refractivity contribution < 1.29 is 8.83 Å². The molecule has 56 heavy (non-hydrogen) atoms. The van der Waals surface area contributed by atoms with Crippen molar-refractivity contribution in [2.45, 2.75) is 0 Å². The predicted molar refractivity (Wildman–Crippen MR) is 231 cm³/mol. The Morgan fingerprint density at radius 3 is 1.73 bits per heavy atom. The van der Waals surface area contributed by atoms with Gasteiger partial charge in [-0.1, -0.05) is 109 Å². The molecule has 11 rings (SSSR count). The first-order valence-electron chi connectivity index (χ1n) is 18.8. The predicted octanol–water partition coefficient (Wildman–Crippen LogP) is 14.6. The minimum Gasteiger partial charge on any atom is -0.456 e. The number of furan rings is 1. The molecule has 0 unspecified atom stereocenters. The molecule has 0 bridgehead atoms. The van der Waals surface area contributed by atoms with Crippen molar-refractivity contribution in [2.24, 2.45) is 0 Å². The molecule has 2 aromatic heterocycles. The second kappa shape index (κ2) is 13.0. The van der Waals surface area contributed by atoms with Gasteiger partial charge in [-0.2, -0.15) is 0 Å². The first-order valence-corrected chi connectivity index (χ1v) is 18.8. The van der Waals surface area contributed by atoms with Crippen molar-refractivity contribution in [3.05, 3.63) is 200 Å². The Kier molecular flexibility index (Phi) is 7.42. The molecule has 0 radical (unpaired) electrons. The summed E-state index contributed by atoms with van der Waals surface area (Å²) in [5.74, 6) is 0.580. The van der Waals surface area contributed by atoms with E-state index in [0.717, 1.165) is 77.9 Å². The molecule has 0 aliphatic rings. The molecule has 0 amide bonds. The van der Waals surface area contributed by atoms with Gasteiger partial charge in [-0.3, -0.25) is 0 Å². The highest BCUT2D eigenvalue weighted by Crippen LogP contribution is 2.46. The second-order valence-corrected chi connectivity index (χ2v) is 14.0. The van der Waals surface area contributed by atoms with E-state index in [4.69, 9.17) is 13.8 Å². The Hall–Kier alpha value is -7.63. The summed E-state index contributed by atoms with van der Waals surface area (Å²) in [4.78, 5) is 9.82. The van der Waals surface area contributed by atoms with E-state index in [9.17, 15) is 0 Å². The standard InChI is InChI=1S/C51H33N3O2/c1-4-15-35(16-5-1)51-52-50-45-32-40(53(37-18-6-2-7-19-37)39-25-24-34-14-10-11-17-36(34)30-39)26-28-42(45)46(33-49(50)56-51)54(38-20-8-3-9-21-38)41-27-29-48-44(31-41)43-22-12-13-23-47(43)55-48/h1-33H. The summed E-state index contributed by atoms with van der Waals surface area (Å²) < 4.78 is 12.9. The monoisotopic (exact) mass is 719 g/mol. The number of nitrogens with zero attached hydrogens (tertiary/aromatic N) is 3. The van der Waals surface area contributed by atoms with Crippen LogP contribution in [0.4, 0.5) is 34.1 Å². The smallest absolute Gasteiger partial charge is 0.227 e. The van der Waals surface area contributed by atoms with Crippen LogP contribution in [0.1, 0.15) is 0 Å². The normalized spacial score (nSPS) is 11.6. The Morgan fingerprint density at radius 2 is 0.929 bits per heavy atom. The lowest BCUT2D eigenvalue weighted by molar-refractivity contribution is 0.620. The molecule has 0 saturated carbocycles. The van der Waals surface area contributed by atoms with Crippen LogP contribution in [0.15, 0.2) is 209 Å². The summed E-state index contributed by atoms with van der Waals surface area (Å²) in [6.07, 6.45) is 0. The Morgan fingerprint density at radius 1 is 0.339 bits per heavy atom. The molecule has 0 spiro atoms. The van der Waals surface area contributed by atoms with Crippen LogP contribution >= 0.6 is 0 Å². The molecule has 5 heteroatoms. The van der Waals surface area contributed by atoms with Crippen molar-refractivity contribution in [1.29, 1.82) is 0 Å². The number of hydrogen-bond acceptors (Lipinski definition) is 5. The largest absolute Gasteiger partial charge is 0.456 e. The Balaban J connectivity index is 1.18. The molecular weight excluding hydrogens is 687 g/mol. The number of benzene rings is 9. The van der Waals surface area contributed by atoms with Crippen molar-refractivity contribution in [3.63, 3.8) is 0 Å². The Labute approximate surface area is 322 Å². The van der Waals surface area contributed by atoms with Crippen molar-refractivity contribution in [1.82, 2.24) is 4.98 Å². The third-order valence-electron chi connectivity index (χ3n) is 10.6. The van der Waals surface area contributed by atoms with Gasteiger partial charge >= 0.3 is 0 Å². The second-order valence-electron chi connectivity index (χ2n) is 14.0. The van der Waals surface area contributed by atoms with E-state index in [0.29, 0.717) is 11.5 Å². The molecule has 0 saturated heterocycles.